The van der Waals surface area contributed by atoms with Crippen LogP contribution in [0.3, 0.4) is 0 Å². The summed E-state index contributed by atoms with van der Waals surface area (Å²) in [7, 11) is 0. The first kappa shape index (κ1) is 15.1. The van der Waals surface area contributed by atoms with Crippen LogP contribution in [0.25, 0.3) is 0 Å². The lowest BCUT2D eigenvalue weighted by Crippen LogP contribution is -2.38. The van der Waals surface area contributed by atoms with Gasteiger partial charge in [0.15, 0.2) is 0 Å². The van der Waals surface area contributed by atoms with Gasteiger partial charge in [0.1, 0.15) is 5.75 Å². The standard InChI is InChI=1S/C14H18N2O5/c1-2-21-13-7-11(6-12(8-13)16(19)20)15-5-3-4-10(9-15)14(17)18/h6-8,10H,2-5,9H2,1H3,(H,17,18). The number of nitrogens with zero attached hydrogens (tertiary/aromatic N) is 2. The van der Waals surface area contributed by atoms with E-state index in [1.54, 1.807) is 13.0 Å². The summed E-state index contributed by atoms with van der Waals surface area (Å²) in [6.45, 7) is 3.27. The van der Waals surface area contributed by atoms with Crippen molar-refractivity contribution in [3.8, 4) is 5.75 Å². The van der Waals surface area contributed by atoms with Crippen molar-refractivity contribution in [1.82, 2.24) is 0 Å². The van der Waals surface area contributed by atoms with Crippen molar-refractivity contribution < 1.29 is 19.6 Å². The maximum Gasteiger partial charge on any atom is 0.308 e. The van der Waals surface area contributed by atoms with Crippen LogP contribution in [0.15, 0.2) is 18.2 Å². The fourth-order valence-electron chi connectivity index (χ4n) is 2.52. The number of benzene rings is 1. The van der Waals surface area contributed by atoms with Gasteiger partial charge in [-0.05, 0) is 19.8 Å². The van der Waals surface area contributed by atoms with Crippen molar-refractivity contribution in [3.05, 3.63) is 28.3 Å². The van der Waals surface area contributed by atoms with Crippen molar-refractivity contribution in [2.45, 2.75) is 19.8 Å². The molecule has 1 saturated heterocycles. The molecule has 0 aromatic heterocycles. The molecule has 1 unspecified atom stereocenters. The molecule has 1 aliphatic heterocycles. The number of non-ortho nitro benzene ring substituents is 1. The molecule has 0 amide bonds. The summed E-state index contributed by atoms with van der Waals surface area (Å²) < 4.78 is 5.36. The quantitative estimate of drug-likeness (QED) is 0.661. The number of nitro groups is 1. The van der Waals surface area contributed by atoms with Gasteiger partial charge >= 0.3 is 5.97 Å². The van der Waals surface area contributed by atoms with Crippen LogP contribution in [-0.2, 0) is 4.79 Å². The molecule has 1 fully saturated rings. The maximum absolute atomic E-state index is 11.1. The molecule has 1 heterocycles. The molecule has 0 radical (unpaired) electrons. The average molecular weight is 294 g/mol. The number of rotatable bonds is 5. The Bertz CT molecular complexity index is 546. The van der Waals surface area contributed by atoms with Gasteiger partial charge in [-0.25, -0.2) is 0 Å². The Labute approximate surface area is 122 Å². The van der Waals surface area contributed by atoms with Crippen LogP contribution < -0.4 is 9.64 Å². The minimum absolute atomic E-state index is 0.0478. The number of carboxylic acid groups (broad SMARTS) is 1. The maximum atomic E-state index is 11.1. The molecule has 0 bridgehead atoms. The number of carboxylic acids is 1. The summed E-state index contributed by atoms with van der Waals surface area (Å²) in [5.41, 5.74) is 0.590. The fourth-order valence-corrected chi connectivity index (χ4v) is 2.52. The predicted molar refractivity (Wildman–Crippen MR) is 76.8 cm³/mol. The molecule has 0 aliphatic carbocycles. The molecular formula is C14H18N2O5. The molecule has 1 atom stereocenters. The third-order valence-electron chi connectivity index (χ3n) is 3.53. The topological polar surface area (TPSA) is 92.9 Å². The minimum Gasteiger partial charge on any atom is -0.494 e. The molecule has 1 aromatic rings. The Balaban J connectivity index is 2.28. The number of piperidine rings is 1. The lowest BCUT2D eigenvalue weighted by atomic mass is 9.98. The van der Waals surface area contributed by atoms with Gasteiger partial charge in [-0.3, -0.25) is 14.9 Å². The highest BCUT2D eigenvalue weighted by atomic mass is 16.6. The van der Waals surface area contributed by atoms with Crippen LogP contribution >= 0.6 is 0 Å². The van der Waals surface area contributed by atoms with Crippen LogP contribution in [0, 0.1) is 16.0 Å². The second kappa shape index (κ2) is 6.43. The van der Waals surface area contributed by atoms with Gasteiger partial charge in [-0.15, -0.1) is 0 Å². The smallest absolute Gasteiger partial charge is 0.308 e. The van der Waals surface area contributed by atoms with E-state index in [1.165, 1.54) is 12.1 Å². The molecular weight excluding hydrogens is 276 g/mol. The molecule has 2 rings (SSSR count). The van der Waals surface area contributed by atoms with Gasteiger partial charge in [-0.1, -0.05) is 0 Å². The first-order valence-corrected chi connectivity index (χ1v) is 6.91. The number of ether oxygens (including phenoxy) is 1. The molecule has 1 aromatic carbocycles. The first-order chi connectivity index (χ1) is 10.0. The average Bonchev–Trinajstić information content (AvgIpc) is 2.47. The molecule has 0 saturated carbocycles. The molecule has 114 valence electrons. The Morgan fingerprint density at radius 1 is 1.52 bits per heavy atom. The summed E-state index contributed by atoms with van der Waals surface area (Å²) in [5.74, 6) is -0.831. The van der Waals surface area contributed by atoms with Crippen molar-refractivity contribution in [2.24, 2.45) is 5.92 Å². The van der Waals surface area contributed by atoms with Crippen molar-refractivity contribution in [2.75, 3.05) is 24.6 Å². The summed E-state index contributed by atoms with van der Waals surface area (Å²) in [6.07, 6.45) is 1.39. The largest absolute Gasteiger partial charge is 0.494 e. The second-order valence-electron chi connectivity index (χ2n) is 5.00. The lowest BCUT2D eigenvalue weighted by molar-refractivity contribution is -0.384. The predicted octanol–water partition coefficient (Wildman–Crippen LogP) is 2.29. The van der Waals surface area contributed by atoms with E-state index in [0.29, 0.717) is 37.6 Å². The van der Waals surface area contributed by atoms with E-state index in [0.717, 1.165) is 6.42 Å². The molecule has 1 aliphatic rings. The molecule has 21 heavy (non-hydrogen) atoms. The zero-order chi connectivity index (χ0) is 15.4. The van der Waals surface area contributed by atoms with E-state index in [1.807, 2.05) is 4.90 Å². The van der Waals surface area contributed by atoms with E-state index in [9.17, 15) is 14.9 Å². The van der Waals surface area contributed by atoms with E-state index in [4.69, 9.17) is 9.84 Å². The molecule has 1 N–H and O–H groups in total. The van der Waals surface area contributed by atoms with Gasteiger partial charge < -0.3 is 14.7 Å². The summed E-state index contributed by atoms with van der Waals surface area (Å²) in [4.78, 5) is 23.5. The number of hydrogen-bond donors (Lipinski definition) is 1. The van der Waals surface area contributed by atoms with Gasteiger partial charge in [0, 0.05) is 30.9 Å². The summed E-state index contributed by atoms with van der Waals surface area (Å²) in [5, 5.41) is 20.1. The monoisotopic (exact) mass is 294 g/mol. The van der Waals surface area contributed by atoms with Crippen molar-refractivity contribution >= 4 is 17.3 Å². The zero-order valence-corrected chi connectivity index (χ0v) is 11.8. The highest BCUT2D eigenvalue weighted by Gasteiger charge is 2.26. The second-order valence-corrected chi connectivity index (χ2v) is 5.00. The Hall–Kier alpha value is -2.31. The minimum atomic E-state index is -0.824. The van der Waals surface area contributed by atoms with Crippen LogP contribution in [0.5, 0.6) is 5.75 Å². The van der Waals surface area contributed by atoms with Crippen molar-refractivity contribution in [1.29, 1.82) is 0 Å². The Morgan fingerprint density at radius 3 is 2.90 bits per heavy atom. The number of aliphatic carboxylic acids is 1. The zero-order valence-electron chi connectivity index (χ0n) is 11.8. The fraction of sp³-hybridized carbons (Fsp3) is 0.500. The first-order valence-electron chi connectivity index (χ1n) is 6.91. The van der Waals surface area contributed by atoms with E-state index < -0.39 is 16.8 Å². The SMILES string of the molecule is CCOc1cc(N2CCCC(C(=O)O)C2)cc([N+](=O)[O-])c1. The molecule has 7 nitrogen and oxygen atoms in total. The van der Waals surface area contributed by atoms with Crippen LogP contribution in [0.1, 0.15) is 19.8 Å². The lowest BCUT2D eigenvalue weighted by Gasteiger charge is -2.32. The van der Waals surface area contributed by atoms with E-state index in [2.05, 4.69) is 0 Å². The van der Waals surface area contributed by atoms with E-state index in [-0.39, 0.29) is 5.69 Å². The van der Waals surface area contributed by atoms with Gasteiger partial charge in [0.2, 0.25) is 0 Å². The number of carbonyl (C=O) groups is 1. The number of hydrogen-bond acceptors (Lipinski definition) is 5. The summed E-state index contributed by atoms with van der Waals surface area (Å²) >= 11 is 0. The summed E-state index contributed by atoms with van der Waals surface area (Å²) in [6, 6.07) is 4.57. The van der Waals surface area contributed by atoms with Gasteiger partial charge in [0.05, 0.1) is 23.5 Å². The molecule has 0 spiro atoms. The Morgan fingerprint density at radius 2 is 2.29 bits per heavy atom. The molecule has 7 heteroatoms. The number of nitro benzene ring substituents is 1. The van der Waals surface area contributed by atoms with Crippen molar-refractivity contribution in [3.63, 3.8) is 0 Å². The van der Waals surface area contributed by atoms with E-state index >= 15 is 0 Å². The van der Waals surface area contributed by atoms with Crippen LogP contribution in [-0.4, -0.2) is 35.7 Å². The third-order valence-corrected chi connectivity index (χ3v) is 3.53. The van der Waals surface area contributed by atoms with Gasteiger partial charge in [0.25, 0.3) is 5.69 Å². The Kier molecular flexibility index (Phi) is 4.62. The normalized spacial score (nSPS) is 18.3. The highest BCUT2D eigenvalue weighted by Crippen LogP contribution is 2.31. The highest BCUT2D eigenvalue weighted by molar-refractivity contribution is 5.71. The van der Waals surface area contributed by atoms with Crippen LogP contribution in [0.2, 0.25) is 0 Å². The third kappa shape index (κ3) is 3.62. The number of anilines is 1. The van der Waals surface area contributed by atoms with Gasteiger partial charge in [-0.2, -0.15) is 0 Å². The van der Waals surface area contributed by atoms with Crippen LogP contribution in [0.4, 0.5) is 11.4 Å².